The van der Waals surface area contributed by atoms with Crippen LogP contribution in [0.15, 0.2) is 22.7 Å². The molecule has 6 heteroatoms. The topological polar surface area (TPSA) is 38.8 Å². The monoisotopic (exact) mass is 387 g/mol. The molecule has 0 aliphatic carbocycles. The highest BCUT2D eigenvalue weighted by molar-refractivity contribution is 9.10. The van der Waals surface area contributed by atoms with Crippen LogP contribution in [-0.4, -0.2) is 35.3 Å². The van der Waals surface area contributed by atoms with Crippen molar-refractivity contribution in [1.82, 2.24) is 4.90 Å². The minimum Gasteiger partial charge on any atom is -0.444 e. The average molecular weight is 388 g/mol. The number of amides is 1. The highest BCUT2D eigenvalue weighted by Gasteiger charge is 2.38. The van der Waals surface area contributed by atoms with Crippen molar-refractivity contribution in [3.8, 4) is 0 Å². The van der Waals surface area contributed by atoms with Gasteiger partial charge in [0, 0.05) is 16.6 Å². The summed E-state index contributed by atoms with van der Waals surface area (Å²) in [5.74, 6) is -0.301. The van der Waals surface area contributed by atoms with Gasteiger partial charge < -0.3 is 14.4 Å². The first kappa shape index (κ1) is 18.2. The number of benzene rings is 1. The smallest absolute Gasteiger partial charge is 0.410 e. The molecule has 0 N–H and O–H groups in total. The van der Waals surface area contributed by atoms with Gasteiger partial charge in [0.15, 0.2) is 0 Å². The second kappa shape index (κ2) is 6.77. The molecule has 2 rings (SSSR count). The van der Waals surface area contributed by atoms with Crippen molar-refractivity contribution in [2.75, 3.05) is 13.1 Å². The van der Waals surface area contributed by atoms with E-state index in [1.807, 2.05) is 27.7 Å². The van der Waals surface area contributed by atoms with Gasteiger partial charge in [-0.15, -0.1) is 0 Å². The number of halogens is 2. The van der Waals surface area contributed by atoms with Gasteiger partial charge in [0.05, 0.1) is 18.8 Å². The second-order valence-corrected chi connectivity index (χ2v) is 8.04. The zero-order valence-electron chi connectivity index (χ0n) is 14.0. The molecule has 1 saturated heterocycles. The third-order valence-electron chi connectivity index (χ3n) is 3.68. The molecule has 4 nitrogen and oxygen atoms in total. The molecule has 128 valence electrons. The molecule has 1 fully saturated rings. The molecule has 1 unspecified atom stereocenters. The maximum absolute atomic E-state index is 13.8. The fraction of sp³-hybridized carbons (Fsp3) is 0.588. The Labute approximate surface area is 145 Å². The average Bonchev–Trinajstić information content (AvgIpc) is 2.79. The van der Waals surface area contributed by atoms with Gasteiger partial charge in [-0.3, -0.25) is 0 Å². The summed E-state index contributed by atoms with van der Waals surface area (Å²) >= 11 is 3.23. The van der Waals surface area contributed by atoms with Crippen LogP contribution in [0.2, 0.25) is 0 Å². The third kappa shape index (κ3) is 5.18. The van der Waals surface area contributed by atoms with E-state index in [1.54, 1.807) is 17.0 Å². The van der Waals surface area contributed by atoms with Gasteiger partial charge in [-0.05, 0) is 46.2 Å². The Morgan fingerprint density at radius 2 is 2.13 bits per heavy atom. The van der Waals surface area contributed by atoms with E-state index in [2.05, 4.69) is 15.9 Å². The summed E-state index contributed by atoms with van der Waals surface area (Å²) in [5, 5.41) is 0. The molecule has 0 saturated carbocycles. The standard InChI is InChI=1S/C17H23BrFNO3/c1-16(2,3)23-15(21)20-8-7-17(4,11-20)22-10-12-5-6-13(18)9-14(12)19/h5-6,9H,7-8,10-11H2,1-4H3. The van der Waals surface area contributed by atoms with Crippen LogP contribution in [-0.2, 0) is 16.1 Å². The normalized spacial score (nSPS) is 21.6. The van der Waals surface area contributed by atoms with Crippen molar-refractivity contribution in [3.63, 3.8) is 0 Å². The van der Waals surface area contributed by atoms with Crippen molar-refractivity contribution in [2.45, 2.75) is 51.9 Å². The highest BCUT2D eigenvalue weighted by atomic mass is 79.9. The molecule has 1 aliphatic rings. The Morgan fingerprint density at radius 3 is 2.74 bits per heavy atom. The molecule has 0 aromatic heterocycles. The number of hydrogen-bond donors (Lipinski definition) is 0. The molecular weight excluding hydrogens is 365 g/mol. The first-order valence-electron chi connectivity index (χ1n) is 7.64. The summed E-state index contributed by atoms with van der Waals surface area (Å²) in [5.41, 5.74) is -0.501. The fourth-order valence-electron chi connectivity index (χ4n) is 2.42. The first-order chi connectivity index (χ1) is 10.6. The minimum atomic E-state index is -0.516. The Balaban J connectivity index is 1.92. The van der Waals surface area contributed by atoms with Crippen molar-refractivity contribution < 1.29 is 18.7 Å². The van der Waals surface area contributed by atoms with Crippen molar-refractivity contribution in [2.24, 2.45) is 0 Å². The molecule has 0 radical (unpaired) electrons. The summed E-state index contributed by atoms with van der Waals surface area (Å²) in [6.07, 6.45) is 0.365. The van der Waals surface area contributed by atoms with Crippen LogP contribution in [0.4, 0.5) is 9.18 Å². The zero-order chi connectivity index (χ0) is 17.3. The van der Waals surface area contributed by atoms with Crippen LogP contribution in [0.3, 0.4) is 0 Å². The van der Waals surface area contributed by atoms with Crippen LogP contribution in [0.5, 0.6) is 0 Å². The van der Waals surface area contributed by atoms with E-state index in [4.69, 9.17) is 9.47 Å². The zero-order valence-corrected chi connectivity index (χ0v) is 15.6. The van der Waals surface area contributed by atoms with Crippen LogP contribution >= 0.6 is 15.9 Å². The van der Waals surface area contributed by atoms with Crippen molar-refractivity contribution >= 4 is 22.0 Å². The van der Waals surface area contributed by atoms with Gasteiger partial charge in [0.1, 0.15) is 11.4 Å². The van der Waals surface area contributed by atoms with E-state index in [-0.39, 0.29) is 18.5 Å². The van der Waals surface area contributed by atoms with Gasteiger partial charge in [-0.2, -0.15) is 0 Å². The summed E-state index contributed by atoms with van der Waals surface area (Å²) < 4.78 is 25.8. The number of rotatable bonds is 3. The third-order valence-corrected chi connectivity index (χ3v) is 4.17. The molecule has 1 aliphatic heterocycles. The molecular formula is C17H23BrFNO3. The lowest BCUT2D eigenvalue weighted by molar-refractivity contribution is -0.0383. The summed E-state index contributed by atoms with van der Waals surface area (Å²) in [4.78, 5) is 13.7. The largest absolute Gasteiger partial charge is 0.444 e. The molecule has 1 aromatic carbocycles. The summed E-state index contributed by atoms with van der Waals surface area (Å²) in [6, 6.07) is 4.90. The predicted molar refractivity (Wildman–Crippen MR) is 89.7 cm³/mol. The molecule has 0 spiro atoms. The van der Waals surface area contributed by atoms with Gasteiger partial charge in [0.2, 0.25) is 0 Å². The lowest BCUT2D eigenvalue weighted by Crippen LogP contribution is -2.39. The number of hydrogen-bond acceptors (Lipinski definition) is 3. The van der Waals surface area contributed by atoms with Crippen molar-refractivity contribution in [3.05, 3.63) is 34.1 Å². The SMILES string of the molecule is CC(C)(C)OC(=O)N1CCC(C)(OCc2ccc(Br)cc2F)C1. The lowest BCUT2D eigenvalue weighted by atomic mass is 10.1. The quantitative estimate of drug-likeness (QED) is 0.765. The highest BCUT2D eigenvalue weighted by Crippen LogP contribution is 2.28. The van der Waals surface area contributed by atoms with Crippen LogP contribution in [0.1, 0.15) is 39.7 Å². The van der Waals surface area contributed by atoms with E-state index in [0.29, 0.717) is 29.5 Å². The van der Waals surface area contributed by atoms with Gasteiger partial charge in [0.25, 0.3) is 0 Å². The predicted octanol–water partition coefficient (Wildman–Crippen LogP) is 4.50. The Hall–Kier alpha value is -1.14. The number of carbonyl (C=O) groups is 1. The van der Waals surface area contributed by atoms with Crippen LogP contribution in [0.25, 0.3) is 0 Å². The van der Waals surface area contributed by atoms with E-state index in [0.717, 1.165) is 0 Å². The number of nitrogens with zero attached hydrogens (tertiary/aromatic N) is 1. The molecule has 1 heterocycles. The van der Waals surface area contributed by atoms with Gasteiger partial charge in [-0.25, -0.2) is 9.18 Å². The summed E-state index contributed by atoms with van der Waals surface area (Å²) in [6.45, 7) is 8.66. The minimum absolute atomic E-state index is 0.178. The fourth-order valence-corrected chi connectivity index (χ4v) is 2.76. The van der Waals surface area contributed by atoms with E-state index >= 15 is 0 Å². The Bertz CT molecular complexity index is 588. The second-order valence-electron chi connectivity index (χ2n) is 7.13. The first-order valence-corrected chi connectivity index (χ1v) is 8.43. The number of ether oxygens (including phenoxy) is 2. The Morgan fingerprint density at radius 1 is 1.43 bits per heavy atom. The van der Waals surface area contributed by atoms with E-state index < -0.39 is 11.2 Å². The molecule has 1 amide bonds. The van der Waals surface area contributed by atoms with Gasteiger partial charge >= 0.3 is 6.09 Å². The van der Waals surface area contributed by atoms with E-state index in [9.17, 15) is 9.18 Å². The van der Waals surface area contributed by atoms with Crippen LogP contribution in [0, 0.1) is 5.82 Å². The maximum Gasteiger partial charge on any atom is 0.410 e. The number of carbonyl (C=O) groups excluding carboxylic acids is 1. The molecule has 23 heavy (non-hydrogen) atoms. The maximum atomic E-state index is 13.8. The van der Waals surface area contributed by atoms with Crippen molar-refractivity contribution in [1.29, 1.82) is 0 Å². The lowest BCUT2D eigenvalue weighted by Gasteiger charge is -2.27. The van der Waals surface area contributed by atoms with Crippen LogP contribution < -0.4 is 0 Å². The molecule has 1 atom stereocenters. The number of likely N-dealkylation sites (tertiary alicyclic amines) is 1. The molecule has 1 aromatic rings. The van der Waals surface area contributed by atoms with Gasteiger partial charge in [-0.1, -0.05) is 22.0 Å². The summed E-state index contributed by atoms with van der Waals surface area (Å²) in [7, 11) is 0. The molecule has 0 bridgehead atoms. The van der Waals surface area contributed by atoms with E-state index in [1.165, 1.54) is 6.07 Å². The Kier molecular flexibility index (Phi) is 5.36.